The standard InChI is InChI=1S/C8H10N4S/c1-11(2)12-7-5-9-4-3-6(7)10-8(12)13/h3-5H,1-2H3,(H,10,13). The minimum Gasteiger partial charge on any atom is -0.329 e. The van der Waals surface area contributed by atoms with Crippen LogP contribution in [0.5, 0.6) is 0 Å². The van der Waals surface area contributed by atoms with E-state index in [4.69, 9.17) is 12.2 Å². The first-order valence-corrected chi connectivity index (χ1v) is 4.33. The topological polar surface area (TPSA) is 36.9 Å². The number of H-pyrrole nitrogens is 1. The average molecular weight is 194 g/mol. The number of imidazole rings is 1. The monoisotopic (exact) mass is 194 g/mol. The van der Waals surface area contributed by atoms with Gasteiger partial charge in [0, 0.05) is 20.3 Å². The maximum atomic E-state index is 5.17. The number of aromatic amines is 1. The first-order chi connectivity index (χ1) is 6.20. The molecule has 0 aliphatic rings. The van der Waals surface area contributed by atoms with Gasteiger partial charge in [0.2, 0.25) is 0 Å². The summed E-state index contributed by atoms with van der Waals surface area (Å²) in [6, 6.07) is 1.91. The van der Waals surface area contributed by atoms with E-state index in [9.17, 15) is 0 Å². The number of hydrogen-bond acceptors (Lipinski definition) is 3. The van der Waals surface area contributed by atoms with E-state index in [1.54, 1.807) is 12.4 Å². The highest BCUT2D eigenvalue weighted by Gasteiger charge is 2.03. The van der Waals surface area contributed by atoms with Crippen LogP contribution in [-0.2, 0) is 0 Å². The van der Waals surface area contributed by atoms with Crippen molar-refractivity contribution in [2.45, 2.75) is 0 Å². The highest BCUT2D eigenvalue weighted by Crippen LogP contribution is 2.10. The van der Waals surface area contributed by atoms with E-state index in [1.807, 2.05) is 29.8 Å². The fourth-order valence-corrected chi connectivity index (χ4v) is 1.71. The van der Waals surface area contributed by atoms with E-state index in [1.165, 1.54) is 0 Å². The molecule has 1 N–H and O–H groups in total. The van der Waals surface area contributed by atoms with E-state index < -0.39 is 0 Å². The molecule has 4 nitrogen and oxygen atoms in total. The summed E-state index contributed by atoms with van der Waals surface area (Å²) in [7, 11) is 3.88. The lowest BCUT2D eigenvalue weighted by molar-refractivity contribution is 0.741. The number of nitrogens with zero attached hydrogens (tertiary/aromatic N) is 3. The molecule has 0 amide bonds. The normalized spacial score (nSPS) is 10.6. The van der Waals surface area contributed by atoms with E-state index in [0.717, 1.165) is 11.0 Å². The Morgan fingerprint density at radius 2 is 2.31 bits per heavy atom. The highest BCUT2D eigenvalue weighted by molar-refractivity contribution is 7.71. The van der Waals surface area contributed by atoms with Gasteiger partial charge < -0.3 is 9.99 Å². The van der Waals surface area contributed by atoms with E-state index in [2.05, 4.69) is 9.97 Å². The van der Waals surface area contributed by atoms with Crippen LogP contribution in [0.3, 0.4) is 0 Å². The molecule has 0 bridgehead atoms. The zero-order valence-electron chi connectivity index (χ0n) is 7.48. The summed E-state index contributed by atoms with van der Waals surface area (Å²) in [5.41, 5.74) is 2.01. The first-order valence-electron chi connectivity index (χ1n) is 3.92. The predicted molar refractivity (Wildman–Crippen MR) is 55.0 cm³/mol. The molecule has 2 aromatic heterocycles. The van der Waals surface area contributed by atoms with Crippen molar-refractivity contribution in [3.05, 3.63) is 23.2 Å². The second kappa shape index (κ2) is 2.85. The minimum atomic E-state index is 0.688. The minimum absolute atomic E-state index is 0.688. The molecule has 2 rings (SSSR count). The smallest absolute Gasteiger partial charge is 0.197 e. The van der Waals surface area contributed by atoms with E-state index in [-0.39, 0.29) is 0 Å². The third kappa shape index (κ3) is 1.21. The van der Waals surface area contributed by atoms with Crippen molar-refractivity contribution >= 4 is 23.3 Å². The molecule has 0 radical (unpaired) electrons. The van der Waals surface area contributed by atoms with Gasteiger partial charge in [-0.2, -0.15) is 0 Å². The van der Waals surface area contributed by atoms with Crippen molar-refractivity contribution in [3.63, 3.8) is 0 Å². The number of aromatic nitrogens is 3. The van der Waals surface area contributed by atoms with Gasteiger partial charge in [-0.05, 0) is 18.3 Å². The van der Waals surface area contributed by atoms with Gasteiger partial charge in [-0.3, -0.25) is 4.98 Å². The van der Waals surface area contributed by atoms with Crippen LogP contribution in [0.25, 0.3) is 11.0 Å². The molecular formula is C8H10N4S. The van der Waals surface area contributed by atoms with Gasteiger partial charge in [-0.15, -0.1) is 0 Å². The van der Waals surface area contributed by atoms with Crippen molar-refractivity contribution in [1.82, 2.24) is 14.6 Å². The van der Waals surface area contributed by atoms with E-state index in [0.29, 0.717) is 4.77 Å². The van der Waals surface area contributed by atoms with Crippen LogP contribution < -0.4 is 5.01 Å². The van der Waals surface area contributed by atoms with Gasteiger partial charge in [0.15, 0.2) is 4.77 Å². The maximum absolute atomic E-state index is 5.17. The fourth-order valence-electron chi connectivity index (χ4n) is 1.34. The molecule has 0 saturated carbocycles. The zero-order valence-corrected chi connectivity index (χ0v) is 8.30. The summed E-state index contributed by atoms with van der Waals surface area (Å²) in [5.74, 6) is 0. The van der Waals surface area contributed by atoms with Crippen LogP contribution in [0.2, 0.25) is 0 Å². The molecule has 2 aromatic rings. The Hall–Kier alpha value is -1.36. The van der Waals surface area contributed by atoms with Crippen molar-refractivity contribution < 1.29 is 0 Å². The van der Waals surface area contributed by atoms with Crippen molar-refractivity contribution in [2.75, 3.05) is 19.1 Å². The number of rotatable bonds is 1. The molecule has 0 unspecified atom stereocenters. The second-order valence-electron chi connectivity index (χ2n) is 2.98. The lowest BCUT2D eigenvalue weighted by atomic mass is 10.4. The Morgan fingerprint density at radius 1 is 1.54 bits per heavy atom. The molecule has 0 spiro atoms. The Balaban J connectivity index is 2.87. The molecule has 0 aliphatic carbocycles. The number of nitrogens with one attached hydrogen (secondary N) is 1. The van der Waals surface area contributed by atoms with Crippen molar-refractivity contribution in [2.24, 2.45) is 0 Å². The third-order valence-corrected chi connectivity index (χ3v) is 2.14. The molecule has 68 valence electrons. The molecular weight excluding hydrogens is 184 g/mol. The first kappa shape index (κ1) is 8.25. The Bertz CT molecular complexity index is 482. The molecule has 0 aliphatic heterocycles. The summed E-state index contributed by atoms with van der Waals surface area (Å²) < 4.78 is 2.59. The van der Waals surface area contributed by atoms with Gasteiger partial charge >= 0.3 is 0 Å². The van der Waals surface area contributed by atoms with Crippen LogP contribution in [0.15, 0.2) is 18.5 Å². The summed E-state index contributed by atoms with van der Waals surface area (Å²) in [6.07, 6.45) is 3.54. The molecule has 13 heavy (non-hydrogen) atoms. The molecule has 0 fully saturated rings. The lowest BCUT2D eigenvalue weighted by Gasteiger charge is -2.13. The summed E-state index contributed by atoms with van der Waals surface area (Å²) >= 11 is 5.17. The summed E-state index contributed by atoms with van der Waals surface area (Å²) in [5, 5.41) is 1.92. The van der Waals surface area contributed by atoms with Gasteiger partial charge in [-0.1, -0.05) is 0 Å². The number of pyridine rings is 1. The molecule has 2 heterocycles. The van der Waals surface area contributed by atoms with Crippen LogP contribution in [0, 0.1) is 4.77 Å². The third-order valence-electron chi connectivity index (χ3n) is 1.86. The SMILES string of the molecule is CN(C)n1c(=S)[nH]c2ccncc21. The molecule has 0 aromatic carbocycles. The molecule has 5 heteroatoms. The van der Waals surface area contributed by atoms with Crippen LogP contribution in [-0.4, -0.2) is 28.7 Å². The van der Waals surface area contributed by atoms with Crippen molar-refractivity contribution in [3.8, 4) is 0 Å². The van der Waals surface area contributed by atoms with Gasteiger partial charge in [0.25, 0.3) is 0 Å². The second-order valence-corrected chi connectivity index (χ2v) is 3.37. The average Bonchev–Trinajstić information content (AvgIpc) is 2.39. The van der Waals surface area contributed by atoms with Crippen LogP contribution >= 0.6 is 12.2 Å². The van der Waals surface area contributed by atoms with Crippen LogP contribution in [0.4, 0.5) is 0 Å². The Morgan fingerprint density at radius 3 is 3.00 bits per heavy atom. The summed E-state index contributed by atoms with van der Waals surface area (Å²) in [6.45, 7) is 0. The maximum Gasteiger partial charge on any atom is 0.197 e. The Kier molecular flexibility index (Phi) is 1.81. The highest BCUT2D eigenvalue weighted by atomic mass is 32.1. The van der Waals surface area contributed by atoms with Gasteiger partial charge in [-0.25, -0.2) is 4.68 Å². The van der Waals surface area contributed by atoms with Gasteiger partial charge in [0.05, 0.1) is 11.7 Å². The van der Waals surface area contributed by atoms with Crippen LogP contribution in [0.1, 0.15) is 0 Å². The van der Waals surface area contributed by atoms with Crippen molar-refractivity contribution in [1.29, 1.82) is 0 Å². The summed E-state index contributed by atoms with van der Waals surface area (Å²) in [4.78, 5) is 7.16. The quantitative estimate of drug-likeness (QED) is 0.695. The number of hydrogen-bond donors (Lipinski definition) is 1. The largest absolute Gasteiger partial charge is 0.329 e. The van der Waals surface area contributed by atoms with Gasteiger partial charge in [0.1, 0.15) is 5.52 Å². The predicted octanol–water partition coefficient (Wildman–Crippen LogP) is 1.29. The Labute approximate surface area is 80.8 Å². The molecule has 0 saturated heterocycles. The zero-order chi connectivity index (χ0) is 9.42. The lowest BCUT2D eigenvalue weighted by Crippen LogP contribution is -2.24. The fraction of sp³-hybridized carbons (Fsp3) is 0.250. The molecule has 0 atom stereocenters. The number of fused-ring (bicyclic) bond motifs is 1. The van der Waals surface area contributed by atoms with E-state index >= 15 is 0 Å².